The van der Waals surface area contributed by atoms with Crippen molar-refractivity contribution in [1.82, 2.24) is 14.8 Å². The highest BCUT2D eigenvalue weighted by atomic mass is 35.5. The van der Waals surface area contributed by atoms with Gasteiger partial charge in [0.25, 0.3) is 0 Å². The lowest BCUT2D eigenvalue weighted by Gasteiger charge is -2.09. The van der Waals surface area contributed by atoms with Gasteiger partial charge < -0.3 is 5.11 Å². The largest absolute Gasteiger partial charge is 0.478 e. The molecule has 0 saturated heterocycles. The monoisotopic (exact) mass is 313 g/mol. The number of halogens is 1. The van der Waals surface area contributed by atoms with Crippen LogP contribution in [0, 0.1) is 6.92 Å². The highest BCUT2D eigenvalue weighted by molar-refractivity contribution is 6.30. The first kappa shape index (κ1) is 14.3. The summed E-state index contributed by atoms with van der Waals surface area (Å²) in [5, 5.41) is 17.9. The molecule has 0 radical (unpaired) electrons. The number of aryl methyl sites for hydroxylation is 1. The summed E-state index contributed by atoms with van der Waals surface area (Å²) in [6.07, 6.45) is 0. The van der Waals surface area contributed by atoms with Crippen LogP contribution in [0.1, 0.15) is 16.2 Å². The number of carbonyl (C=O) groups is 1. The van der Waals surface area contributed by atoms with Gasteiger partial charge in [-0.2, -0.15) is 0 Å². The third-order valence-corrected chi connectivity index (χ3v) is 3.55. The van der Waals surface area contributed by atoms with Gasteiger partial charge in [-0.3, -0.25) is 4.57 Å². The van der Waals surface area contributed by atoms with Crippen LogP contribution >= 0.6 is 11.6 Å². The molecule has 0 fully saturated rings. The fraction of sp³-hybridized carbons (Fsp3) is 0.0625. The Morgan fingerprint density at radius 1 is 1.05 bits per heavy atom. The van der Waals surface area contributed by atoms with Crippen molar-refractivity contribution in [3.8, 4) is 17.1 Å². The molecule has 5 nitrogen and oxygen atoms in total. The Balaban J connectivity index is 2.09. The van der Waals surface area contributed by atoms with Crippen LogP contribution in [0.2, 0.25) is 5.02 Å². The van der Waals surface area contributed by atoms with Crippen LogP contribution < -0.4 is 0 Å². The lowest BCUT2D eigenvalue weighted by Crippen LogP contribution is -2.00. The quantitative estimate of drug-likeness (QED) is 0.802. The number of carboxylic acid groups (broad SMARTS) is 1. The number of benzene rings is 2. The van der Waals surface area contributed by atoms with E-state index in [4.69, 9.17) is 16.7 Å². The average Bonchev–Trinajstić information content (AvgIpc) is 2.90. The number of aromatic carboxylic acids is 1. The summed E-state index contributed by atoms with van der Waals surface area (Å²) in [5.74, 6) is 0.429. The first-order valence-electron chi connectivity index (χ1n) is 6.58. The molecule has 0 amide bonds. The molecule has 0 aliphatic rings. The fourth-order valence-corrected chi connectivity index (χ4v) is 2.34. The predicted molar refractivity (Wildman–Crippen MR) is 83.5 cm³/mol. The number of hydrogen-bond acceptors (Lipinski definition) is 3. The Bertz CT molecular complexity index is 824. The van der Waals surface area contributed by atoms with Crippen LogP contribution in [0.15, 0.2) is 48.5 Å². The molecule has 0 saturated carbocycles. The van der Waals surface area contributed by atoms with Gasteiger partial charge in [-0.05, 0) is 43.3 Å². The number of carboxylic acids is 1. The van der Waals surface area contributed by atoms with E-state index < -0.39 is 5.97 Å². The molecule has 3 aromatic rings. The molecular formula is C16H12ClN3O2. The average molecular weight is 314 g/mol. The summed E-state index contributed by atoms with van der Waals surface area (Å²) in [4.78, 5) is 10.9. The second-order valence-corrected chi connectivity index (χ2v) is 5.20. The van der Waals surface area contributed by atoms with Crippen LogP contribution in [0.25, 0.3) is 17.1 Å². The molecule has 6 heteroatoms. The first-order chi connectivity index (χ1) is 10.6. The fourth-order valence-electron chi connectivity index (χ4n) is 2.21. The highest BCUT2D eigenvalue weighted by Crippen LogP contribution is 2.24. The van der Waals surface area contributed by atoms with Gasteiger partial charge in [-0.1, -0.05) is 23.7 Å². The first-order valence-corrected chi connectivity index (χ1v) is 6.96. The Hall–Kier alpha value is -2.66. The molecule has 1 N–H and O–H groups in total. The second kappa shape index (κ2) is 5.61. The molecule has 3 rings (SSSR count). The predicted octanol–water partition coefficient (Wildman–Crippen LogP) is 3.59. The van der Waals surface area contributed by atoms with Crippen LogP contribution in [0.5, 0.6) is 0 Å². The van der Waals surface area contributed by atoms with Gasteiger partial charge >= 0.3 is 5.97 Å². The summed E-state index contributed by atoms with van der Waals surface area (Å²) in [6, 6.07) is 13.9. The number of aromatic nitrogens is 3. The Kier molecular flexibility index (Phi) is 3.65. The summed E-state index contributed by atoms with van der Waals surface area (Å²) in [6.45, 7) is 1.86. The smallest absolute Gasteiger partial charge is 0.335 e. The van der Waals surface area contributed by atoms with Crippen LogP contribution in [0.4, 0.5) is 0 Å². The zero-order valence-electron chi connectivity index (χ0n) is 11.7. The van der Waals surface area contributed by atoms with E-state index in [2.05, 4.69) is 10.2 Å². The van der Waals surface area contributed by atoms with E-state index >= 15 is 0 Å². The summed E-state index contributed by atoms with van der Waals surface area (Å²) in [5.41, 5.74) is 1.92. The number of rotatable bonds is 3. The van der Waals surface area contributed by atoms with Gasteiger partial charge in [0.2, 0.25) is 0 Å². The van der Waals surface area contributed by atoms with Gasteiger partial charge in [0.1, 0.15) is 5.82 Å². The molecule has 0 unspecified atom stereocenters. The maximum absolute atomic E-state index is 10.9. The molecule has 1 heterocycles. The van der Waals surface area contributed by atoms with E-state index in [1.807, 2.05) is 23.6 Å². The SMILES string of the molecule is Cc1nnc(-c2ccc(C(=O)O)cc2)n1-c1ccc(Cl)cc1. The topological polar surface area (TPSA) is 68.0 Å². The highest BCUT2D eigenvalue weighted by Gasteiger charge is 2.13. The van der Waals surface area contributed by atoms with E-state index in [1.54, 1.807) is 36.4 Å². The molecule has 0 aliphatic carbocycles. The molecule has 0 atom stereocenters. The third-order valence-electron chi connectivity index (χ3n) is 3.30. The van der Waals surface area contributed by atoms with E-state index in [9.17, 15) is 4.79 Å². The Morgan fingerprint density at radius 2 is 1.68 bits per heavy atom. The van der Waals surface area contributed by atoms with E-state index in [1.165, 1.54) is 0 Å². The molecule has 0 aliphatic heterocycles. The van der Waals surface area contributed by atoms with E-state index in [0.717, 1.165) is 17.1 Å². The molecule has 110 valence electrons. The lowest BCUT2D eigenvalue weighted by atomic mass is 10.1. The van der Waals surface area contributed by atoms with Crippen molar-refractivity contribution >= 4 is 17.6 Å². The minimum Gasteiger partial charge on any atom is -0.478 e. The van der Waals surface area contributed by atoms with E-state index in [-0.39, 0.29) is 5.56 Å². The lowest BCUT2D eigenvalue weighted by molar-refractivity contribution is 0.0697. The third kappa shape index (κ3) is 2.58. The summed E-state index contributed by atoms with van der Waals surface area (Å²) >= 11 is 5.92. The zero-order valence-corrected chi connectivity index (χ0v) is 12.4. The Morgan fingerprint density at radius 3 is 2.27 bits per heavy atom. The summed E-state index contributed by atoms with van der Waals surface area (Å²) < 4.78 is 1.89. The van der Waals surface area contributed by atoms with Crippen molar-refractivity contribution in [3.05, 3.63) is 64.9 Å². The van der Waals surface area contributed by atoms with Gasteiger partial charge in [-0.15, -0.1) is 10.2 Å². The van der Waals surface area contributed by atoms with Crippen molar-refractivity contribution in [2.45, 2.75) is 6.92 Å². The van der Waals surface area contributed by atoms with Gasteiger partial charge in [0.05, 0.1) is 5.56 Å². The van der Waals surface area contributed by atoms with E-state index in [0.29, 0.717) is 10.8 Å². The van der Waals surface area contributed by atoms with Crippen LogP contribution in [-0.4, -0.2) is 25.8 Å². The molecule has 22 heavy (non-hydrogen) atoms. The standard InChI is InChI=1S/C16H12ClN3O2/c1-10-18-19-15(11-2-4-12(5-3-11)16(21)22)20(10)14-8-6-13(17)7-9-14/h2-9H,1H3,(H,21,22). The molecule has 2 aromatic carbocycles. The van der Waals surface area contributed by atoms with Gasteiger partial charge in [0.15, 0.2) is 5.82 Å². The minimum atomic E-state index is -0.957. The maximum Gasteiger partial charge on any atom is 0.335 e. The van der Waals surface area contributed by atoms with Crippen LogP contribution in [0.3, 0.4) is 0 Å². The number of hydrogen-bond donors (Lipinski definition) is 1. The van der Waals surface area contributed by atoms with Crippen molar-refractivity contribution in [1.29, 1.82) is 0 Å². The van der Waals surface area contributed by atoms with Crippen LogP contribution in [-0.2, 0) is 0 Å². The molecular weight excluding hydrogens is 302 g/mol. The zero-order chi connectivity index (χ0) is 15.7. The molecule has 0 spiro atoms. The number of nitrogens with zero attached hydrogens (tertiary/aromatic N) is 3. The normalized spacial score (nSPS) is 10.6. The van der Waals surface area contributed by atoms with Crippen molar-refractivity contribution < 1.29 is 9.90 Å². The second-order valence-electron chi connectivity index (χ2n) is 4.77. The maximum atomic E-state index is 10.9. The van der Waals surface area contributed by atoms with Gasteiger partial charge in [-0.25, -0.2) is 4.79 Å². The van der Waals surface area contributed by atoms with Crippen molar-refractivity contribution in [2.75, 3.05) is 0 Å². The Labute approximate surface area is 131 Å². The van der Waals surface area contributed by atoms with Gasteiger partial charge in [0, 0.05) is 16.3 Å². The van der Waals surface area contributed by atoms with Crippen molar-refractivity contribution in [3.63, 3.8) is 0 Å². The minimum absolute atomic E-state index is 0.234. The molecule has 1 aromatic heterocycles. The molecule has 0 bridgehead atoms. The van der Waals surface area contributed by atoms with Crippen molar-refractivity contribution in [2.24, 2.45) is 0 Å². The summed E-state index contributed by atoms with van der Waals surface area (Å²) in [7, 11) is 0.